The quantitative estimate of drug-likeness (QED) is 0.491. The Morgan fingerprint density at radius 2 is 1.75 bits per heavy atom. The molecule has 1 aliphatic rings. The maximum absolute atomic E-state index is 5.59. The van der Waals surface area contributed by atoms with Gasteiger partial charge in [0.1, 0.15) is 0 Å². The maximum Gasteiger partial charge on any atom is 0.0700 e. The lowest BCUT2D eigenvalue weighted by atomic mass is 9.84. The van der Waals surface area contributed by atoms with Crippen molar-refractivity contribution in [2.45, 2.75) is 64.8 Å². The summed E-state index contributed by atoms with van der Waals surface area (Å²) in [6, 6.07) is 0.608. The molecule has 1 fully saturated rings. The van der Waals surface area contributed by atoms with Gasteiger partial charge in [-0.25, -0.2) is 0 Å². The van der Waals surface area contributed by atoms with Crippen LogP contribution in [0.3, 0.4) is 0 Å². The zero-order chi connectivity index (χ0) is 14.6. The minimum Gasteiger partial charge on any atom is -0.382 e. The van der Waals surface area contributed by atoms with E-state index < -0.39 is 0 Å². The third-order valence-electron chi connectivity index (χ3n) is 4.40. The van der Waals surface area contributed by atoms with Crippen molar-refractivity contribution in [3.05, 3.63) is 0 Å². The first-order valence-corrected chi connectivity index (χ1v) is 8.54. The van der Waals surface area contributed by atoms with Crippen molar-refractivity contribution in [2.75, 3.05) is 33.5 Å². The number of ether oxygens (including phenoxy) is 2. The van der Waals surface area contributed by atoms with Crippen LogP contribution in [-0.2, 0) is 9.47 Å². The predicted molar refractivity (Wildman–Crippen MR) is 85.1 cm³/mol. The normalized spacial score (nSPS) is 24.0. The first-order chi connectivity index (χ1) is 9.74. The Kier molecular flexibility index (Phi) is 10.3. The van der Waals surface area contributed by atoms with E-state index in [1.165, 1.54) is 51.5 Å². The zero-order valence-electron chi connectivity index (χ0n) is 13.8. The second kappa shape index (κ2) is 11.5. The first kappa shape index (κ1) is 17.9. The van der Waals surface area contributed by atoms with Gasteiger partial charge in [0, 0.05) is 19.8 Å². The van der Waals surface area contributed by atoms with Crippen molar-refractivity contribution in [1.29, 1.82) is 0 Å². The minimum absolute atomic E-state index is 0.608. The highest BCUT2D eigenvalue weighted by Crippen LogP contribution is 2.31. The van der Waals surface area contributed by atoms with Crippen LogP contribution in [-0.4, -0.2) is 39.5 Å². The topological polar surface area (TPSA) is 30.5 Å². The van der Waals surface area contributed by atoms with Crippen molar-refractivity contribution < 1.29 is 9.47 Å². The Labute approximate surface area is 125 Å². The summed E-state index contributed by atoms with van der Waals surface area (Å²) in [4.78, 5) is 0. The molecule has 2 atom stereocenters. The summed E-state index contributed by atoms with van der Waals surface area (Å²) in [5.74, 6) is 1.77. The van der Waals surface area contributed by atoms with Gasteiger partial charge in [0.25, 0.3) is 0 Å². The summed E-state index contributed by atoms with van der Waals surface area (Å²) in [6.07, 6.45) is 9.64. The van der Waals surface area contributed by atoms with E-state index in [2.05, 4.69) is 19.2 Å². The number of methoxy groups -OCH3 is 1. The Hall–Kier alpha value is -0.120. The molecule has 0 aromatic heterocycles. The van der Waals surface area contributed by atoms with E-state index in [9.17, 15) is 0 Å². The summed E-state index contributed by atoms with van der Waals surface area (Å²) in [6.45, 7) is 8.03. The summed E-state index contributed by atoms with van der Waals surface area (Å²) in [7, 11) is 1.72. The van der Waals surface area contributed by atoms with E-state index in [1.54, 1.807) is 7.11 Å². The van der Waals surface area contributed by atoms with Crippen LogP contribution in [0.15, 0.2) is 0 Å². The average Bonchev–Trinajstić information content (AvgIpc) is 2.65. The van der Waals surface area contributed by atoms with Gasteiger partial charge in [0.05, 0.1) is 13.2 Å². The molecule has 0 bridgehead atoms. The molecule has 2 unspecified atom stereocenters. The van der Waals surface area contributed by atoms with Crippen LogP contribution >= 0.6 is 0 Å². The molecule has 1 saturated carbocycles. The molecule has 0 radical (unpaired) electrons. The van der Waals surface area contributed by atoms with Crippen LogP contribution in [0.2, 0.25) is 0 Å². The fourth-order valence-electron chi connectivity index (χ4n) is 3.19. The first-order valence-electron chi connectivity index (χ1n) is 8.54. The smallest absolute Gasteiger partial charge is 0.0700 e. The highest BCUT2D eigenvalue weighted by molar-refractivity contribution is 4.76. The van der Waals surface area contributed by atoms with E-state index in [0.717, 1.165) is 25.0 Å². The average molecular weight is 285 g/mol. The lowest BCUT2D eigenvalue weighted by molar-refractivity contribution is 0.0656. The summed E-state index contributed by atoms with van der Waals surface area (Å²) in [5.41, 5.74) is 0. The third-order valence-corrected chi connectivity index (χ3v) is 4.40. The molecule has 1 aliphatic carbocycles. The minimum atomic E-state index is 0.608. The van der Waals surface area contributed by atoms with Crippen molar-refractivity contribution in [2.24, 2.45) is 11.8 Å². The highest BCUT2D eigenvalue weighted by Gasteiger charge is 2.23. The largest absolute Gasteiger partial charge is 0.382 e. The monoisotopic (exact) mass is 285 g/mol. The van der Waals surface area contributed by atoms with Gasteiger partial charge in [-0.3, -0.25) is 0 Å². The number of hydrogen-bond acceptors (Lipinski definition) is 3. The van der Waals surface area contributed by atoms with Gasteiger partial charge >= 0.3 is 0 Å². The summed E-state index contributed by atoms with van der Waals surface area (Å²) < 4.78 is 10.6. The molecule has 1 rings (SSSR count). The van der Waals surface area contributed by atoms with E-state index in [1.807, 2.05) is 0 Å². The van der Waals surface area contributed by atoms with E-state index in [-0.39, 0.29) is 0 Å². The second-order valence-corrected chi connectivity index (χ2v) is 6.47. The number of hydrogen-bond donors (Lipinski definition) is 1. The number of nitrogens with one attached hydrogen (secondary N) is 1. The lowest BCUT2D eigenvalue weighted by Gasteiger charge is -2.26. The van der Waals surface area contributed by atoms with Gasteiger partial charge in [0.2, 0.25) is 0 Å². The highest BCUT2D eigenvalue weighted by atomic mass is 16.5. The zero-order valence-corrected chi connectivity index (χ0v) is 13.8. The van der Waals surface area contributed by atoms with Crippen LogP contribution < -0.4 is 5.32 Å². The Morgan fingerprint density at radius 1 is 1.00 bits per heavy atom. The molecule has 3 nitrogen and oxygen atoms in total. The molecular weight excluding hydrogens is 250 g/mol. The fourth-order valence-corrected chi connectivity index (χ4v) is 3.19. The molecule has 0 aromatic carbocycles. The SMILES string of the molecule is COCCOCCCC1CCCCCC1CNC(C)C. The van der Waals surface area contributed by atoms with Gasteiger partial charge < -0.3 is 14.8 Å². The Bertz CT molecular complexity index is 221. The molecular formula is C17H35NO2. The summed E-state index contributed by atoms with van der Waals surface area (Å²) >= 11 is 0. The van der Waals surface area contributed by atoms with Gasteiger partial charge in [0.15, 0.2) is 0 Å². The van der Waals surface area contributed by atoms with E-state index >= 15 is 0 Å². The van der Waals surface area contributed by atoms with Crippen LogP contribution in [0.1, 0.15) is 58.8 Å². The van der Waals surface area contributed by atoms with Gasteiger partial charge in [-0.2, -0.15) is 0 Å². The molecule has 0 saturated heterocycles. The molecule has 0 heterocycles. The maximum atomic E-state index is 5.59. The van der Waals surface area contributed by atoms with Crippen molar-refractivity contribution in [3.63, 3.8) is 0 Å². The van der Waals surface area contributed by atoms with Crippen molar-refractivity contribution in [3.8, 4) is 0 Å². The van der Waals surface area contributed by atoms with E-state index in [4.69, 9.17) is 9.47 Å². The van der Waals surface area contributed by atoms with Crippen LogP contribution in [0.25, 0.3) is 0 Å². The van der Waals surface area contributed by atoms with Crippen molar-refractivity contribution in [1.82, 2.24) is 5.32 Å². The van der Waals surface area contributed by atoms with Gasteiger partial charge in [-0.15, -0.1) is 0 Å². The molecule has 1 N–H and O–H groups in total. The van der Waals surface area contributed by atoms with Crippen LogP contribution in [0.5, 0.6) is 0 Å². The second-order valence-electron chi connectivity index (χ2n) is 6.47. The molecule has 120 valence electrons. The predicted octanol–water partition coefficient (Wildman–Crippen LogP) is 3.62. The van der Waals surface area contributed by atoms with Gasteiger partial charge in [-0.05, 0) is 37.6 Å². The molecule has 0 amide bonds. The number of rotatable bonds is 10. The Morgan fingerprint density at radius 3 is 2.45 bits per heavy atom. The van der Waals surface area contributed by atoms with Crippen molar-refractivity contribution >= 4 is 0 Å². The van der Waals surface area contributed by atoms with Gasteiger partial charge in [-0.1, -0.05) is 39.5 Å². The third kappa shape index (κ3) is 8.23. The van der Waals surface area contributed by atoms with Crippen LogP contribution in [0, 0.1) is 11.8 Å². The lowest BCUT2D eigenvalue weighted by Crippen LogP contribution is -2.32. The standard InChI is InChI=1S/C17H35NO2/c1-15(2)18-14-17-9-6-4-5-8-16(17)10-7-11-20-13-12-19-3/h15-18H,4-14H2,1-3H3. The van der Waals surface area contributed by atoms with Crippen LogP contribution in [0.4, 0.5) is 0 Å². The molecule has 20 heavy (non-hydrogen) atoms. The molecule has 0 spiro atoms. The molecule has 0 aromatic rings. The molecule has 3 heteroatoms. The fraction of sp³-hybridized carbons (Fsp3) is 1.00. The molecule has 0 aliphatic heterocycles. The summed E-state index contributed by atoms with van der Waals surface area (Å²) in [5, 5.41) is 3.64. The van der Waals surface area contributed by atoms with E-state index in [0.29, 0.717) is 12.6 Å². The Balaban J connectivity index is 2.22.